The van der Waals surface area contributed by atoms with Crippen LogP contribution in [-0.2, 0) is 9.88 Å². The summed E-state index contributed by atoms with van der Waals surface area (Å²) in [6.45, 7) is 3.47. The number of nitrogens with one attached hydrogen (secondary N) is 3. The van der Waals surface area contributed by atoms with Gasteiger partial charge in [-0.3, -0.25) is 0 Å². The summed E-state index contributed by atoms with van der Waals surface area (Å²) in [5, 5.41) is 29.0. The van der Waals surface area contributed by atoms with Crippen molar-refractivity contribution in [1.82, 2.24) is 5.17 Å². The minimum atomic E-state index is -0.346. The number of rotatable bonds is 9. The lowest BCUT2D eigenvalue weighted by Crippen LogP contribution is -3.13. The molecule has 0 bridgehead atoms. The molecule has 1 saturated carbocycles. The highest BCUT2D eigenvalue weighted by molar-refractivity contribution is 5.39. The minimum Gasteiger partial charge on any atom is -0.598 e. The SMILES string of the molecule is C=NN(O[NH+]([O-])C1CCC([NH+]([O-])ONc2ccccc2)CC1)C1=CCCC=C1. The molecule has 9 nitrogen and oxygen atoms in total. The lowest BCUT2D eigenvalue weighted by molar-refractivity contribution is -1.10. The predicted molar refractivity (Wildman–Crippen MR) is 105 cm³/mol. The maximum absolute atomic E-state index is 12.5. The van der Waals surface area contributed by atoms with Crippen molar-refractivity contribution in [2.45, 2.75) is 50.6 Å². The third-order valence-electron chi connectivity index (χ3n) is 4.94. The Balaban J connectivity index is 1.43. The molecule has 2 aliphatic carbocycles. The number of allylic oxidation sites excluding steroid dienone is 3. The highest BCUT2D eigenvalue weighted by Gasteiger charge is 2.32. The molecule has 0 saturated heterocycles. The fourth-order valence-electron chi connectivity index (χ4n) is 3.33. The molecule has 3 N–H and O–H groups in total. The van der Waals surface area contributed by atoms with Gasteiger partial charge in [0, 0.05) is 32.4 Å². The zero-order valence-electron chi connectivity index (χ0n) is 15.8. The molecule has 9 heteroatoms. The van der Waals surface area contributed by atoms with Crippen molar-refractivity contribution in [3.05, 3.63) is 64.7 Å². The van der Waals surface area contributed by atoms with Gasteiger partial charge in [0.2, 0.25) is 0 Å². The summed E-state index contributed by atoms with van der Waals surface area (Å²) in [6, 6.07) is 8.74. The van der Waals surface area contributed by atoms with Crippen molar-refractivity contribution < 1.29 is 20.3 Å². The summed E-state index contributed by atoms with van der Waals surface area (Å²) < 4.78 is 0. The van der Waals surface area contributed by atoms with E-state index in [9.17, 15) is 10.4 Å². The van der Waals surface area contributed by atoms with Crippen LogP contribution in [0.3, 0.4) is 0 Å². The Morgan fingerprint density at radius 2 is 1.71 bits per heavy atom. The molecule has 2 aliphatic rings. The molecule has 1 aromatic rings. The Bertz CT molecular complexity index is 676. The van der Waals surface area contributed by atoms with Crippen molar-refractivity contribution >= 4 is 12.4 Å². The summed E-state index contributed by atoms with van der Waals surface area (Å²) in [5.41, 5.74) is 4.09. The maximum Gasteiger partial charge on any atom is 0.120 e. The van der Waals surface area contributed by atoms with E-state index in [4.69, 9.17) is 9.88 Å². The number of nitrogens with zero attached hydrogens (tertiary/aromatic N) is 2. The second-order valence-electron chi connectivity index (χ2n) is 6.87. The Hall–Kier alpha value is -2.27. The van der Waals surface area contributed by atoms with Crippen LogP contribution in [0.4, 0.5) is 5.69 Å². The number of anilines is 1. The first-order chi connectivity index (χ1) is 13.7. The van der Waals surface area contributed by atoms with Crippen LogP contribution >= 0.6 is 0 Å². The van der Waals surface area contributed by atoms with Gasteiger partial charge in [0.1, 0.15) is 12.1 Å². The predicted octanol–water partition coefficient (Wildman–Crippen LogP) is 1.02. The van der Waals surface area contributed by atoms with Crippen molar-refractivity contribution in [3.8, 4) is 0 Å². The fourth-order valence-corrected chi connectivity index (χ4v) is 3.33. The van der Waals surface area contributed by atoms with E-state index in [1.54, 1.807) is 0 Å². The van der Waals surface area contributed by atoms with E-state index in [-0.39, 0.29) is 22.5 Å². The molecule has 3 rings (SSSR count). The van der Waals surface area contributed by atoms with Gasteiger partial charge in [0.15, 0.2) is 0 Å². The normalized spacial score (nSPS) is 24.1. The molecule has 0 aromatic heterocycles. The average Bonchev–Trinajstić information content (AvgIpc) is 2.77. The van der Waals surface area contributed by atoms with Crippen LogP contribution in [0.5, 0.6) is 0 Å². The van der Waals surface area contributed by atoms with Gasteiger partial charge < -0.3 is 10.4 Å². The van der Waals surface area contributed by atoms with Gasteiger partial charge in [0.05, 0.1) is 11.4 Å². The summed E-state index contributed by atoms with van der Waals surface area (Å²) in [4.78, 5) is 10.6. The summed E-state index contributed by atoms with van der Waals surface area (Å²) in [7, 11) is 0. The molecule has 1 aromatic carbocycles. The summed E-state index contributed by atoms with van der Waals surface area (Å²) >= 11 is 0. The Morgan fingerprint density at radius 1 is 1.04 bits per heavy atom. The number of hydrogen-bond donors (Lipinski definition) is 3. The van der Waals surface area contributed by atoms with Crippen LogP contribution in [-0.4, -0.2) is 24.0 Å². The van der Waals surface area contributed by atoms with Crippen molar-refractivity contribution in [3.63, 3.8) is 0 Å². The first kappa shape index (κ1) is 20.5. The second-order valence-corrected chi connectivity index (χ2v) is 6.87. The van der Waals surface area contributed by atoms with Crippen molar-refractivity contribution in [2.75, 3.05) is 5.48 Å². The quantitative estimate of drug-likeness (QED) is 0.431. The maximum atomic E-state index is 12.5. The van der Waals surface area contributed by atoms with E-state index in [0.717, 1.165) is 18.5 Å². The van der Waals surface area contributed by atoms with Gasteiger partial charge in [-0.2, -0.15) is 15.6 Å². The third kappa shape index (κ3) is 5.61. The smallest absolute Gasteiger partial charge is 0.120 e. The van der Waals surface area contributed by atoms with Crippen LogP contribution in [0.1, 0.15) is 38.5 Å². The molecule has 0 heterocycles. The average molecular weight is 389 g/mol. The third-order valence-corrected chi connectivity index (χ3v) is 4.94. The summed E-state index contributed by atoms with van der Waals surface area (Å²) in [6.07, 6.45) is 9.96. The number of hydrogen-bond acceptors (Lipinski definition) is 7. The van der Waals surface area contributed by atoms with Crippen LogP contribution < -0.4 is 15.9 Å². The highest BCUT2D eigenvalue weighted by atomic mass is 17.0. The first-order valence-corrected chi connectivity index (χ1v) is 9.54. The Kier molecular flexibility index (Phi) is 7.54. The van der Waals surface area contributed by atoms with E-state index < -0.39 is 0 Å². The lowest BCUT2D eigenvalue weighted by Gasteiger charge is -2.37. The molecular weight excluding hydrogens is 362 g/mol. The molecule has 2 unspecified atom stereocenters. The number of para-hydroxylation sites is 1. The van der Waals surface area contributed by atoms with E-state index in [1.165, 1.54) is 5.17 Å². The zero-order chi connectivity index (χ0) is 19.8. The van der Waals surface area contributed by atoms with Gasteiger partial charge in [0.25, 0.3) is 0 Å². The van der Waals surface area contributed by atoms with E-state index >= 15 is 0 Å². The highest BCUT2D eigenvalue weighted by Crippen LogP contribution is 2.17. The minimum absolute atomic E-state index is 0.224. The molecule has 0 radical (unpaired) electrons. The largest absolute Gasteiger partial charge is 0.598 e. The van der Waals surface area contributed by atoms with Gasteiger partial charge in [-0.05, 0) is 31.1 Å². The number of benzene rings is 1. The van der Waals surface area contributed by atoms with Crippen LogP contribution in [0.15, 0.2) is 59.4 Å². The number of quaternary nitrogens is 2. The molecule has 0 spiro atoms. The van der Waals surface area contributed by atoms with Gasteiger partial charge in [-0.25, -0.2) is 5.48 Å². The second kappa shape index (κ2) is 10.3. The standard InChI is InChI=1S/C19H27N5O4/c1-20-22(17-10-6-3-7-11-17)28-24(26)19-14-12-18(13-15-19)23(25)27-21-16-8-4-2-5-9-16/h2,4-6,8-11,18-19,21,23-24H,1,3,7,12-15H2. The van der Waals surface area contributed by atoms with E-state index in [2.05, 4.69) is 17.3 Å². The monoisotopic (exact) mass is 389 g/mol. The van der Waals surface area contributed by atoms with Gasteiger partial charge in [-0.15, -0.1) is 0 Å². The Labute approximate surface area is 164 Å². The Morgan fingerprint density at radius 3 is 2.32 bits per heavy atom. The number of hydroxylamine groups is 5. The van der Waals surface area contributed by atoms with Crippen LogP contribution in [0.25, 0.3) is 0 Å². The molecule has 28 heavy (non-hydrogen) atoms. The van der Waals surface area contributed by atoms with Crippen LogP contribution in [0, 0.1) is 10.4 Å². The van der Waals surface area contributed by atoms with E-state index in [0.29, 0.717) is 31.4 Å². The van der Waals surface area contributed by atoms with Crippen molar-refractivity contribution in [1.29, 1.82) is 0 Å². The molecule has 152 valence electrons. The topological polar surface area (TPSA) is 101 Å². The molecule has 0 aliphatic heterocycles. The summed E-state index contributed by atoms with van der Waals surface area (Å²) in [5.74, 6) is 0. The molecular formula is C19H27N5O4. The van der Waals surface area contributed by atoms with Crippen molar-refractivity contribution in [2.24, 2.45) is 5.10 Å². The molecule has 0 amide bonds. The first-order valence-electron chi connectivity index (χ1n) is 9.54. The fraction of sp³-hybridized carbons (Fsp3) is 0.421. The zero-order valence-corrected chi connectivity index (χ0v) is 15.8. The number of hydrazone groups is 1. The van der Waals surface area contributed by atoms with Gasteiger partial charge in [-0.1, -0.05) is 45.4 Å². The molecule has 1 fully saturated rings. The lowest BCUT2D eigenvalue weighted by atomic mass is 9.92. The van der Waals surface area contributed by atoms with Crippen LogP contribution in [0.2, 0.25) is 0 Å². The molecule has 2 atom stereocenters. The van der Waals surface area contributed by atoms with Gasteiger partial charge >= 0.3 is 0 Å². The van der Waals surface area contributed by atoms with E-state index in [1.807, 2.05) is 48.6 Å².